The average Bonchev–Trinajstić information content (AvgIpc) is 3.44. The fraction of sp³-hybridized carbons (Fsp3) is 0.217. The molecule has 5 heterocycles. The maximum atomic E-state index is 11.1. The molecule has 0 aliphatic carbocycles. The Morgan fingerprint density at radius 2 is 1.84 bits per heavy atom. The summed E-state index contributed by atoms with van der Waals surface area (Å²) in [7, 11) is 1.89. The van der Waals surface area contributed by atoms with Crippen LogP contribution < -0.4 is 4.90 Å². The van der Waals surface area contributed by atoms with Gasteiger partial charge >= 0.3 is 6.09 Å². The molecule has 0 radical (unpaired) electrons. The number of fused-ring (bicyclic) bond motifs is 1. The number of hydrogen-bond donors (Lipinski definition) is 1. The number of pyridine rings is 2. The molecular formula is C23H23N7O2. The summed E-state index contributed by atoms with van der Waals surface area (Å²) in [5.41, 5.74) is 5.91. The van der Waals surface area contributed by atoms with Crippen molar-refractivity contribution in [3.8, 4) is 22.3 Å². The molecule has 4 aromatic heterocycles. The molecule has 5 rings (SSSR count). The smallest absolute Gasteiger partial charge is 0.407 e. The van der Waals surface area contributed by atoms with Crippen molar-refractivity contribution in [1.82, 2.24) is 29.3 Å². The molecule has 9 nitrogen and oxygen atoms in total. The number of piperazine rings is 1. The highest BCUT2D eigenvalue weighted by atomic mass is 16.4. The largest absolute Gasteiger partial charge is 0.465 e. The van der Waals surface area contributed by atoms with E-state index in [-0.39, 0.29) is 0 Å². The van der Waals surface area contributed by atoms with Crippen molar-refractivity contribution in [1.29, 1.82) is 0 Å². The third kappa shape index (κ3) is 3.47. The van der Waals surface area contributed by atoms with Crippen LogP contribution in [-0.2, 0) is 7.05 Å². The second kappa shape index (κ2) is 7.84. The van der Waals surface area contributed by atoms with E-state index in [4.69, 9.17) is 5.11 Å². The number of amides is 1. The Balaban J connectivity index is 1.51. The monoisotopic (exact) mass is 429 g/mol. The molecule has 162 valence electrons. The zero-order valence-electron chi connectivity index (χ0n) is 17.7. The van der Waals surface area contributed by atoms with Gasteiger partial charge in [0.05, 0.1) is 17.9 Å². The van der Waals surface area contributed by atoms with Crippen molar-refractivity contribution in [3.05, 3.63) is 61.3 Å². The first-order chi connectivity index (χ1) is 15.5. The van der Waals surface area contributed by atoms with Crippen LogP contribution >= 0.6 is 0 Å². The zero-order chi connectivity index (χ0) is 22.2. The van der Waals surface area contributed by atoms with Crippen LogP contribution in [0.3, 0.4) is 0 Å². The number of rotatable bonds is 4. The summed E-state index contributed by atoms with van der Waals surface area (Å²) >= 11 is 0. The number of carbonyl (C=O) groups is 1. The van der Waals surface area contributed by atoms with Gasteiger partial charge in [-0.1, -0.05) is 12.7 Å². The predicted molar refractivity (Wildman–Crippen MR) is 123 cm³/mol. The zero-order valence-corrected chi connectivity index (χ0v) is 17.7. The first kappa shape index (κ1) is 19.8. The molecule has 9 heteroatoms. The van der Waals surface area contributed by atoms with Crippen LogP contribution in [0.2, 0.25) is 0 Å². The molecule has 1 N–H and O–H groups in total. The second-order valence-electron chi connectivity index (χ2n) is 7.80. The molecule has 4 aromatic rings. The standard InChI is InChI=1S/C23H23N7O2/c1-3-16-12-26-30-15-18(19-13-25-27(2)14-19)10-20(22(16)30)17-4-5-21(24-11-17)28-6-8-29(9-7-28)23(31)32/h3-5,10-15H,1,6-9H2,2H3,(H,31,32). The maximum absolute atomic E-state index is 11.1. The summed E-state index contributed by atoms with van der Waals surface area (Å²) in [4.78, 5) is 19.4. The minimum atomic E-state index is -0.871. The molecule has 0 saturated carbocycles. The lowest BCUT2D eigenvalue weighted by Gasteiger charge is -2.33. The van der Waals surface area contributed by atoms with Crippen LogP contribution in [0.4, 0.5) is 10.6 Å². The van der Waals surface area contributed by atoms with E-state index in [1.54, 1.807) is 10.8 Å². The van der Waals surface area contributed by atoms with Gasteiger partial charge < -0.3 is 14.9 Å². The van der Waals surface area contributed by atoms with Gasteiger partial charge in [0.25, 0.3) is 0 Å². The van der Waals surface area contributed by atoms with Gasteiger partial charge in [0.15, 0.2) is 0 Å². The van der Waals surface area contributed by atoms with Crippen molar-refractivity contribution in [2.75, 3.05) is 31.1 Å². The third-order valence-electron chi connectivity index (χ3n) is 5.83. The Bertz CT molecular complexity index is 1300. The van der Waals surface area contributed by atoms with Gasteiger partial charge in [-0.05, 0) is 18.2 Å². The first-order valence-corrected chi connectivity index (χ1v) is 10.4. The lowest BCUT2D eigenvalue weighted by Crippen LogP contribution is -2.48. The molecular weight excluding hydrogens is 406 g/mol. The van der Waals surface area contributed by atoms with Crippen LogP contribution in [0.5, 0.6) is 0 Å². The molecule has 1 saturated heterocycles. The number of nitrogens with zero attached hydrogens (tertiary/aromatic N) is 7. The van der Waals surface area contributed by atoms with E-state index in [9.17, 15) is 4.79 Å². The third-order valence-corrected chi connectivity index (χ3v) is 5.83. The Hall–Kier alpha value is -4.14. The lowest BCUT2D eigenvalue weighted by atomic mass is 10.0. The molecule has 0 bridgehead atoms. The van der Waals surface area contributed by atoms with Crippen LogP contribution in [0, 0.1) is 0 Å². The summed E-state index contributed by atoms with van der Waals surface area (Å²) in [5, 5.41) is 18.0. The van der Waals surface area contributed by atoms with Crippen molar-refractivity contribution < 1.29 is 9.90 Å². The SMILES string of the molecule is C=Cc1cnn2cc(-c3cnn(C)c3)cc(-c3ccc(N4CCN(C(=O)O)CC4)nc3)c12. The molecule has 1 aliphatic rings. The van der Waals surface area contributed by atoms with Crippen molar-refractivity contribution >= 4 is 23.5 Å². The number of aryl methyl sites for hydroxylation is 1. The average molecular weight is 429 g/mol. The number of aromatic nitrogens is 5. The maximum Gasteiger partial charge on any atom is 0.407 e. The van der Waals surface area contributed by atoms with Gasteiger partial charge in [0.1, 0.15) is 5.82 Å². The summed E-state index contributed by atoms with van der Waals surface area (Å²) < 4.78 is 3.64. The summed E-state index contributed by atoms with van der Waals surface area (Å²) in [6.45, 7) is 6.14. The molecule has 0 aromatic carbocycles. The van der Waals surface area contributed by atoms with Crippen LogP contribution in [0.25, 0.3) is 33.8 Å². The second-order valence-corrected chi connectivity index (χ2v) is 7.80. The van der Waals surface area contributed by atoms with Crippen molar-refractivity contribution in [2.24, 2.45) is 7.05 Å². The van der Waals surface area contributed by atoms with Crippen molar-refractivity contribution in [2.45, 2.75) is 0 Å². The van der Waals surface area contributed by atoms with Gasteiger partial charge in [-0.15, -0.1) is 0 Å². The predicted octanol–water partition coefficient (Wildman–Crippen LogP) is 3.24. The van der Waals surface area contributed by atoms with E-state index in [1.165, 1.54) is 4.90 Å². The molecule has 0 unspecified atom stereocenters. The first-order valence-electron chi connectivity index (χ1n) is 10.4. The molecule has 1 aliphatic heterocycles. The lowest BCUT2D eigenvalue weighted by molar-refractivity contribution is 0.142. The van der Waals surface area contributed by atoms with E-state index in [2.05, 4.69) is 32.7 Å². The van der Waals surface area contributed by atoms with Gasteiger partial charge in [-0.25, -0.2) is 14.3 Å². The highest BCUT2D eigenvalue weighted by Gasteiger charge is 2.21. The van der Waals surface area contributed by atoms with Crippen LogP contribution in [0.15, 0.2) is 55.8 Å². The fourth-order valence-electron chi connectivity index (χ4n) is 4.10. The molecule has 1 fully saturated rings. The van der Waals surface area contributed by atoms with Gasteiger partial charge in [0.2, 0.25) is 0 Å². The van der Waals surface area contributed by atoms with E-state index in [0.717, 1.165) is 39.2 Å². The molecule has 32 heavy (non-hydrogen) atoms. The number of anilines is 1. The molecule has 0 spiro atoms. The van der Waals surface area contributed by atoms with E-state index in [0.29, 0.717) is 26.2 Å². The highest BCUT2D eigenvalue weighted by Crippen LogP contribution is 2.32. The Morgan fingerprint density at radius 1 is 1.03 bits per heavy atom. The van der Waals surface area contributed by atoms with Gasteiger partial charge in [-0.3, -0.25) is 4.68 Å². The normalized spacial score (nSPS) is 14.2. The quantitative estimate of drug-likeness (QED) is 0.536. The van der Waals surface area contributed by atoms with Crippen LogP contribution in [0.1, 0.15) is 5.56 Å². The minimum absolute atomic E-state index is 0.477. The minimum Gasteiger partial charge on any atom is -0.465 e. The van der Waals surface area contributed by atoms with Crippen molar-refractivity contribution in [3.63, 3.8) is 0 Å². The summed E-state index contributed by atoms with van der Waals surface area (Å²) in [5.74, 6) is 0.843. The Morgan fingerprint density at radius 3 is 2.47 bits per heavy atom. The highest BCUT2D eigenvalue weighted by molar-refractivity contribution is 5.89. The fourth-order valence-corrected chi connectivity index (χ4v) is 4.10. The number of carboxylic acid groups (broad SMARTS) is 1. The molecule has 0 atom stereocenters. The van der Waals surface area contributed by atoms with E-state index < -0.39 is 6.09 Å². The summed E-state index contributed by atoms with van der Waals surface area (Å²) in [6.07, 6.45) is 10.4. The van der Waals surface area contributed by atoms with E-state index >= 15 is 0 Å². The van der Waals surface area contributed by atoms with Gasteiger partial charge in [0, 0.05) is 79.6 Å². The number of hydrogen-bond acceptors (Lipinski definition) is 5. The van der Waals surface area contributed by atoms with E-state index in [1.807, 2.05) is 54.7 Å². The van der Waals surface area contributed by atoms with Gasteiger partial charge in [-0.2, -0.15) is 10.2 Å². The van der Waals surface area contributed by atoms with Crippen LogP contribution in [-0.4, -0.2) is 66.7 Å². The topological polar surface area (TPSA) is 91.8 Å². The Labute approximate surface area is 184 Å². The summed E-state index contributed by atoms with van der Waals surface area (Å²) in [6, 6.07) is 6.17. The molecule has 1 amide bonds. The Kier molecular flexibility index (Phi) is 4.85.